The number of nitrogens with zero attached hydrogens (tertiary/aromatic N) is 6. The van der Waals surface area contributed by atoms with E-state index in [0.29, 0.717) is 78.2 Å². The van der Waals surface area contributed by atoms with E-state index in [1.807, 2.05) is 98.9 Å². The zero-order chi connectivity index (χ0) is 51.8. The molecule has 7 aromatic rings. The minimum atomic E-state index is -1.12. The Kier molecular flexibility index (Phi) is 14.1. The van der Waals surface area contributed by atoms with Crippen LogP contribution in [0.25, 0.3) is 32.2 Å². The number of amides is 4. The zero-order valence-corrected chi connectivity index (χ0v) is 43.2. The van der Waals surface area contributed by atoms with Gasteiger partial charge in [0.25, 0.3) is 5.91 Å². The molecule has 3 aliphatic heterocycles. The molecular weight excluding hydrogens is 955 g/mol. The number of carbonyl (C=O) groups is 5. The normalized spacial score (nSPS) is 16.6. The van der Waals surface area contributed by atoms with E-state index in [2.05, 4.69) is 56.6 Å². The van der Waals surface area contributed by atoms with Crippen LogP contribution in [0.15, 0.2) is 84.9 Å². The summed E-state index contributed by atoms with van der Waals surface area (Å²) in [4.78, 5) is 78.6. The first-order chi connectivity index (χ1) is 35.6. The van der Waals surface area contributed by atoms with Crippen molar-refractivity contribution in [3.8, 4) is 16.9 Å². The van der Waals surface area contributed by atoms with Gasteiger partial charge in [-0.25, -0.2) is 14.8 Å². The Hall–Kier alpha value is -7.50. The van der Waals surface area contributed by atoms with Gasteiger partial charge >= 0.3 is 5.97 Å². The number of thiazole rings is 1. The van der Waals surface area contributed by atoms with E-state index >= 15 is 0 Å². The highest BCUT2D eigenvalue weighted by atomic mass is 32.1. The molecule has 4 N–H and O–H groups in total. The van der Waals surface area contributed by atoms with Gasteiger partial charge in [-0.2, -0.15) is 5.10 Å². The maximum atomic E-state index is 13.8. The Morgan fingerprint density at radius 1 is 0.905 bits per heavy atom. The van der Waals surface area contributed by atoms with Gasteiger partial charge in [0.2, 0.25) is 17.7 Å². The molecule has 4 aromatic carbocycles. The van der Waals surface area contributed by atoms with Crippen molar-refractivity contribution < 1.29 is 33.8 Å². The first kappa shape index (κ1) is 50.1. The highest BCUT2D eigenvalue weighted by Gasteiger charge is 2.33. The molecule has 3 aromatic heterocycles. The van der Waals surface area contributed by atoms with E-state index in [1.54, 1.807) is 4.68 Å². The topological polar surface area (TPSA) is 201 Å². The summed E-state index contributed by atoms with van der Waals surface area (Å²) in [6, 6.07) is 27.0. The van der Waals surface area contributed by atoms with Crippen LogP contribution in [0, 0.1) is 12.8 Å². The quantitative estimate of drug-likeness (QED) is 0.0595. The number of hydrogen-bond acceptors (Lipinski definition) is 12. The molecule has 382 valence electrons. The Bertz CT molecular complexity index is 3320. The molecular formula is C57H61N9O7S. The van der Waals surface area contributed by atoms with Gasteiger partial charge in [0.05, 0.1) is 34.0 Å². The Morgan fingerprint density at radius 2 is 1.70 bits per heavy atom. The Labute approximate surface area is 433 Å². The molecule has 0 bridgehead atoms. The molecule has 0 aliphatic carbocycles. The first-order valence-electron chi connectivity index (χ1n) is 25.4. The van der Waals surface area contributed by atoms with Crippen LogP contribution in [0.1, 0.15) is 114 Å². The second-order valence-electron chi connectivity index (χ2n) is 20.8. The third-order valence-corrected chi connectivity index (χ3v) is 15.7. The van der Waals surface area contributed by atoms with Gasteiger partial charge in [-0.15, -0.1) is 0 Å². The maximum absolute atomic E-state index is 13.8. The molecule has 2 saturated heterocycles. The summed E-state index contributed by atoms with van der Waals surface area (Å²) in [6.07, 6.45) is 4.41. The van der Waals surface area contributed by atoms with Crippen LogP contribution in [0.3, 0.4) is 0 Å². The van der Waals surface area contributed by atoms with Crippen molar-refractivity contribution in [3.63, 3.8) is 0 Å². The number of anilines is 3. The van der Waals surface area contributed by atoms with Crippen molar-refractivity contribution >= 4 is 78.7 Å². The average molecular weight is 1020 g/mol. The number of benzene rings is 4. The molecule has 0 radical (unpaired) electrons. The van der Waals surface area contributed by atoms with Crippen LogP contribution < -0.4 is 25.6 Å². The zero-order valence-electron chi connectivity index (χ0n) is 42.4. The molecule has 2 fully saturated rings. The van der Waals surface area contributed by atoms with Crippen molar-refractivity contribution in [2.24, 2.45) is 13.0 Å². The minimum absolute atomic E-state index is 0.0329. The van der Waals surface area contributed by atoms with Crippen molar-refractivity contribution in [1.29, 1.82) is 0 Å². The number of nitrogens with one attached hydrogen (secondary N) is 3. The molecule has 0 spiro atoms. The standard InChI is InChI=1S/C57H61N9O7S/c1-33-37(50-42(57(2,3)4)31-47(60-52(50)55(71)72)66-27-23-35-11-8-13-38(41(35)32-66)53(69)62-56-59-43-14-6-7-16-46(43)74-56)12-9-15-45(33)73-28-10-24-65-25-21-34(22-26-65)29-49(68)58-36-17-18-39-44(30-36)64(5)63-51(39)40-19-20-48(67)61-54(40)70/h6-9,11-18,30-31,34,40H,10,19-29,32H2,1-5H3,(H,58,68)(H,71,72)(H,59,62,69)(H,61,67,70). The van der Waals surface area contributed by atoms with Gasteiger partial charge in [0.15, 0.2) is 10.8 Å². The number of carboxylic acid groups (broad SMARTS) is 1. The lowest BCUT2D eigenvalue weighted by atomic mass is 9.80. The number of aromatic carboxylic acids is 1. The van der Waals surface area contributed by atoms with Gasteiger partial charge in [0.1, 0.15) is 11.6 Å². The number of piperidine rings is 2. The number of fused-ring (bicyclic) bond motifs is 3. The number of pyridine rings is 1. The summed E-state index contributed by atoms with van der Waals surface area (Å²) < 4.78 is 9.13. The lowest BCUT2D eigenvalue weighted by molar-refractivity contribution is -0.134. The molecule has 17 heteroatoms. The SMILES string of the molecule is Cc1c(OCCCN2CCC(CC(=O)Nc3ccc4c(C5CCC(=O)NC5=O)nn(C)c4c3)CC2)cccc1-c1c(C(C)(C)C)cc(N2CCc3cccc(C(=O)Nc4nc5ccccc5s4)c3C2)nc1C(=O)O. The number of hydrogen-bond donors (Lipinski definition) is 4. The summed E-state index contributed by atoms with van der Waals surface area (Å²) in [7, 11) is 1.81. The molecule has 4 amide bonds. The summed E-state index contributed by atoms with van der Waals surface area (Å²) in [6.45, 7) is 12.3. The second kappa shape index (κ2) is 20.8. The van der Waals surface area contributed by atoms with Gasteiger partial charge < -0.3 is 25.0 Å². The fourth-order valence-corrected chi connectivity index (χ4v) is 11.6. The summed E-state index contributed by atoms with van der Waals surface area (Å²) in [5.41, 5.74) is 7.95. The smallest absolute Gasteiger partial charge is 0.355 e. The lowest BCUT2D eigenvalue weighted by Crippen LogP contribution is -2.39. The number of rotatable bonds is 14. The maximum Gasteiger partial charge on any atom is 0.355 e. The number of aromatic nitrogens is 4. The van der Waals surface area contributed by atoms with Crippen molar-refractivity contribution in [2.75, 3.05) is 48.3 Å². The van der Waals surface area contributed by atoms with E-state index < -0.39 is 17.3 Å². The van der Waals surface area contributed by atoms with Crippen molar-refractivity contribution in [3.05, 3.63) is 124 Å². The molecule has 3 aliphatic rings. The van der Waals surface area contributed by atoms with Gasteiger partial charge in [-0.1, -0.05) is 68.5 Å². The minimum Gasteiger partial charge on any atom is -0.493 e. The van der Waals surface area contributed by atoms with Crippen molar-refractivity contribution in [2.45, 2.75) is 90.5 Å². The first-order valence-corrected chi connectivity index (χ1v) is 26.3. The number of carbonyl (C=O) groups excluding carboxylic acids is 4. The van der Waals surface area contributed by atoms with Gasteiger partial charge in [0, 0.05) is 61.7 Å². The summed E-state index contributed by atoms with van der Waals surface area (Å²) in [5.74, 6) is -0.986. The van der Waals surface area contributed by atoms with Gasteiger partial charge in [-0.05, 0) is 140 Å². The van der Waals surface area contributed by atoms with E-state index in [1.165, 1.54) is 11.3 Å². The number of para-hydroxylation sites is 1. The van der Waals surface area contributed by atoms with E-state index in [4.69, 9.17) is 9.72 Å². The molecule has 74 heavy (non-hydrogen) atoms. The van der Waals surface area contributed by atoms with Crippen LogP contribution in [-0.2, 0) is 39.8 Å². The largest absolute Gasteiger partial charge is 0.493 e. The third-order valence-electron chi connectivity index (χ3n) is 14.7. The molecule has 10 rings (SSSR count). The second-order valence-corrected chi connectivity index (χ2v) is 21.8. The fraction of sp³-hybridized carbons (Fsp3) is 0.368. The van der Waals surface area contributed by atoms with Crippen LogP contribution in [0.5, 0.6) is 5.75 Å². The third kappa shape index (κ3) is 10.5. The number of carboxylic acids is 1. The number of aryl methyl sites for hydroxylation is 1. The molecule has 0 saturated carbocycles. The highest BCUT2D eigenvalue weighted by molar-refractivity contribution is 7.22. The fourth-order valence-electron chi connectivity index (χ4n) is 10.8. The van der Waals surface area contributed by atoms with E-state index in [0.717, 1.165) is 87.8 Å². The van der Waals surface area contributed by atoms with Gasteiger partial charge in [-0.3, -0.25) is 34.5 Å². The molecule has 16 nitrogen and oxygen atoms in total. The molecule has 1 atom stereocenters. The predicted octanol–water partition coefficient (Wildman–Crippen LogP) is 9.39. The van der Waals surface area contributed by atoms with Crippen molar-refractivity contribution in [1.82, 2.24) is 30.0 Å². The van der Waals surface area contributed by atoms with E-state index in [-0.39, 0.29) is 41.7 Å². The summed E-state index contributed by atoms with van der Waals surface area (Å²) in [5, 5.41) is 25.3. The van der Waals surface area contributed by atoms with Crippen LogP contribution in [0.4, 0.5) is 16.6 Å². The predicted molar refractivity (Wildman–Crippen MR) is 287 cm³/mol. The average Bonchev–Trinajstić information content (AvgIpc) is 3.94. The van der Waals surface area contributed by atoms with E-state index in [9.17, 15) is 29.1 Å². The number of likely N-dealkylation sites (tertiary alicyclic amines) is 1. The number of ether oxygens (including phenoxy) is 1. The Morgan fingerprint density at radius 3 is 2.47 bits per heavy atom. The lowest BCUT2D eigenvalue weighted by Gasteiger charge is -2.33. The number of imide groups is 1. The molecule has 6 heterocycles. The molecule has 1 unspecified atom stereocenters. The Balaban J connectivity index is 0.753. The van der Waals surface area contributed by atoms with Crippen LogP contribution in [-0.4, -0.2) is 92.1 Å². The summed E-state index contributed by atoms with van der Waals surface area (Å²) >= 11 is 1.43. The monoisotopic (exact) mass is 1020 g/mol. The van der Waals surface area contributed by atoms with Crippen LogP contribution >= 0.6 is 11.3 Å². The van der Waals surface area contributed by atoms with Crippen LogP contribution in [0.2, 0.25) is 0 Å². The highest BCUT2D eigenvalue weighted by Crippen LogP contribution is 2.42.